The summed E-state index contributed by atoms with van der Waals surface area (Å²) in [5, 5.41) is 3.16. The first kappa shape index (κ1) is 8.49. The second-order valence-corrected chi connectivity index (χ2v) is 2.61. The maximum Gasteiger partial charge on any atom is 0.0957 e. The fourth-order valence-electron chi connectivity index (χ4n) is 0.908. The number of nitrogens with one attached hydrogen (secondary N) is 1. The highest BCUT2D eigenvalue weighted by Crippen LogP contribution is 1.92. The van der Waals surface area contributed by atoms with Crippen molar-refractivity contribution in [2.75, 3.05) is 33.6 Å². The molecule has 11 heavy (non-hydrogen) atoms. The molecule has 0 bridgehead atoms. The zero-order chi connectivity index (χ0) is 8.10. The van der Waals surface area contributed by atoms with Crippen molar-refractivity contribution in [3.8, 4) is 0 Å². The molecular formula is C7H15N3O. The summed E-state index contributed by atoms with van der Waals surface area (Å²) in [6.07, 6.45) is 0. The highest BCUT2D eigenvalue weighted by atomic mass is 16.5. The Morgan fingerprint density at radius 1 is 1.73 bits per heavy atom. The normalized spacial score (nSPS) is 19.3. The lowest BCUT2D eigenvalue weighted by molar-refractivity contribution is 0.145. The molecular weight excluding hydrogens is 142 g/mol. The molecule has 0 radical (unpaired) electrons. The van der Waals surface area contributed by atoms with E-state index >= 15 is 0 Å². The molecule has 64 valence electrons. The Balaban J connectivity index is 2.18. The molecule has 0 fully saturated rings. The second-order valence-electron chi connectivity index (χ2n) is 2.61. The lowest BCUT2D eigenvalue weighted by atomic mass is 10.5. The van der Waals surface area contributed by atoms with Crippen molar-refractivity contribution in [2.45, 2.75) is 6.92 Å². The first-order valence-electron chi connectivity index (χ1n) is 3.79. The third-order valence-electron chi connectivity index (χ3n) is 1.68. The van der Waals surface area contributed by atoms with Gasteiger partial charge in [-0.05, 0) is 6.92 Å². The molecule has 0 saturated heterocycles. The van der Waals surface area contributed by atoms with Crippen LogP contribution in [0.3, 0.4) is 0 Å². The Morgan fingerprint density at radius 3 is 3.09 bits per heavy atom. The standard InChI is InChI=1S/C7H15N3O/c1-7-8-5-10(6-9-7)3-4-11-2/h3-6H2,1-2H3,(H,8,9). The van der Waals surface area contributed by atoms with E-state index in [1.54, 1.807) is 7.11 Å². The summed E-state index contributed by atoms with van der Waals surface area (Å²) in [6, 6.07) is 0. The van der Waals surface area contributed by atoms with Crippen molar-refractivity contribution in [2.24, 2.45) is 4.99 Å². The average Bonchev–Trinajstić information content (AvgIpc) is 2.04. The smallest absolute Gasteiger partial charge is 0.0957 e. The van der Waals surface area contributed by atoms with Gasteiger partial charge in [-0.25, -0.2) is 0 Å². The van der Waals surface area contributed by atoms with Gasteiger partial charge in [0.15, 0.2) is 0 Å². The van der Waals surface area contributed by atoms with E-state index in [2.05, 4.69) is 15.2 Å². The van der Waals surface area contributed by atoms with Crippen LogP contribution in [-0.4, -0.2) is 44.3 Å². The van der Waals surface area contributed by atoms with Crippen molar-refractivity contribution in [3.05, 3.63) is 0 Å². The molecule has 1 heterocycles. The van der Waals surface area contributed by atoms with E-state index in [1.165, 1.54) is 0 Å². The van der Waals surface area contributed by atoms with E-state index in [9.17, 15) is 0 Å². The monoisotopic (exact) mass is 157 g/mol. The number of amidine groups is 1. The maximum atomic E-state index is 4.95. The molecule has 0 spiro atoms. The Labute approximate surface area is 67.2 Å². The van der Waals surface area contributed by atoms with Crippen LogP contribution in [-0.2, 0) is 4.74 Å². The fourth-order valence-corrected chi connectivity index (χ4v) is 0.908. The summed E-state index contributed by atoms with van der Waals surface area (Å²) >= 11 is 0. The maximum absolute atomic E-state index is 4.95. The van der Waals surface area contributed by atoms with E-state index in [0.717, 1.165) is 32.3 Å². The van der Waals surface area contributed by atoms with Gasteiger partial charge in [0.25, 0.3) is 0 Å². The Kier molecular flexibility index (Phi) is 3.32. The lowest BCUT2D eigenvalue weighted by Crippen LogP contribution is -2.43. The van der Waals surface area contributed by atoms with Crippen LogP contribution in [0.5, 0.6) is 0 Å². The van der Waals surface area contributed by atoms with Gasteiger partial charge < -0.3 is 10.1 Å². The van der Waals surface area contributed by atoms with Crippen molar-refractivity contribution in [1.29, 1.82) is 0 Å². The predicted molar refractivity (Wildman–Crippen MR) is 44.6 cm³/mol. The highest BCUT2D eigenvalue weighted by molar-refractivity contribution is 5.79. The van der Waals surface area contributed by atoms with E-state index in [-0.39, 0.29) is 0 Å². The molecule has 4 heteroatoms. The van der Waals surface area contributed by atoms with Crippen molar-refractivity contribution in [1.82, 2.24) is 10.2 Å². The Morgan fingerprint density at radius 2 is 2.55 bits per heavy atom. The highest BCUT2D eigenvalue weighted by Gasteiger charge is 2.07. The largest absolute Gasteiger partial charge is 0.383 e. The molecule has 0 aromatic carbocycles. The van der Waals surface area contributed by atoms with Gasteiger partial charge in [-0.3, -0.25) is 9.89 Å². The number of ether oxygens (including phenoxy) is 1. The summed E-state index contributed by atoms with van der Waals surface area (Å²) < 4.78 is 4.95. The van der Waals surface area contributed by atoms with Gasteiger partial charge in [0.2, 0.25) is 0 Å². The summed E-state index contributed by atoms with van der Waals surface area (Å²) in [7, 11) is 1.71. The van der Waals surface area contributed by atoms with Gasteiger partial charge >= 0.3 is 0 Å². The van der Waals surface area contributed by atoms with Crippen molar-refractivity contribution in [3.63, 3.8) is 0 Å². The average molecular weight is 157 g/mol. The number of methoxy groups -OCH3 is 1. The van der Waals surface area contributed by atoms with Crippen LogP contribution in [0.1, 0.15) is 6.92 Å². The molecule has 4 nitrogen and oxygen atoms in total. The topological polar surface area (TPSA) is 36.9 Å². The molecule has 0 saturated carbocycles. The van der Waals surface area contributed by atoms with E-state index < -0.39 is 0 Å². The van der Waals surface area contributed by atoms with Crippen LogP contribution in [0.4, 0.5) is 0 Å². The van der Waals surface area contributed by atoms with E-state index in [0.29, 0.717) is 0 Å². The summed E-state index contributed by atoms with van der Waals surface area (Å²) in [6.45, 7) is 5.38. The first-order chi connectivity index (χ1) is 5.33. The third kappa shape index (κ3) is 2.86. The number of hydrogen-bond acceptors (Lipinski definition) is 4. The molecule has 1 aliphatic rings. The van der Waals surface area contributed by atoms with Crippen LogP contribution >= 0.6 is 0 Å². The van der Waals surface area contributed by atoms with Gasteiger partial charge in [-0.2, -0.15) is 0 Å². The summed E-state index contributed by atoms with van der Waals surface area (Å²) in [5.41, 5.74) is 0. The van der Waals surface area contributed by atoms with E-state index in [4.69, 9.17) is 4.74 Å². The van der Waals surface area contributed by atoms with Crippen LogP contribution in [0.15, 0.2) is 4.99 Å². The second kappa shape index (κ2) is 4.31. The van der Waals surface area contributed by atoms with Crippen LogP contribution in [0.2, 0.25) is 0 Å². The van der Waals surface area contributed by atoms with Gasteiger partial charge in [0.1, 0.15) is 0 Å². The number of nitrogens with zero attached hydrogens (tertiary/aromatic N) is 2. The third-order valence-corrected chi connectivity index (χ3v) is 1.68. The van der Waals surface area contributed by atoms with Crippen LogP contribution < -0.4 is 5.32 Å². The molecule has 0 atom stereocenters. The molecule has 0 aliphatic carbocycles. The molecule has 0 aromatic heterocycles. The first-order valence-corrected chi connectivity index (χ1v) is 3.79. The quantitative estimate of drug-likeness (QED) is 0.620. The summed E-state index contributed by atoms with van der Waals surface area (Å²) in [5.74, 6) is 1.03. The Bertz CT molecular complexity index is 147. The van der Waals surface area contributed by atoms with Gasteiger partial charge in [-0.1, -0.05) is 0 Å². The SMILES string of the molecule is COCCN1CN=C(C)NC1. The zero-order valence-corrected chi connectivity index (χ0v) is 7.13. The van der Waals surface area contributed by atoms with Gasteiger partial charge in [-0.15, -0.1) is 0 Å². The van der Waals surface area contributed by atoms with Crippen molar-refractivity contribution >= 4 is 5.84 Å². The summed E-state index contributed by atoms with van der Waals surface area (Å²) in [4.78, 5) is 6.43. The minimum absolute atomic E-state index is 0.774. The minimum atomic E-state index is 0.774. The van der Waals surface area contributed by atoms with Crippen LogP contribution in [0, 0.1) is 0 Å². The zero-order valence-electron chi connectivity index (χ0n) is 7.13. The predicted octanol–water partition coefficient (Wildman–Crippen LogP) is -0.129. The van der Waals surface area contributed by atoms with Crippen molar-refractivity contribution < 1.29 is 4.74 Å². The number of hydrogen-bond donors (Lipinski definition) is 1. The number of rotatable bonds is 3. The van der Waals surface area contributed by atoms with Gasteiger partial charge in [0, 0.05) is 13.7 Å². The minimum Gasteiger partial charge on any atom is -0.383 e. The molecule has 0 unspecified atom stereocenters. The van der Waals surface area contributed by atoms with Gasteiger partial charge in [0.05, 0.1) is 25.8 Å². The molecule has 0 aromatic rings. The number of aliphatic imine (C=N–C) groups is 1. The van der Waals surface area contributed by atoms with E-state index in [1.807, 2.05) is 6.92 Å². The van der Waals surface area contributed by atoms with Crippen LogP contribution in [0.25, 0.3) is 0 Å². The molecule has 0 amide bonds. The molecule has 1 N–H and O–H groups in total. The Hall–Kier alpha value is -0.610. The molecule has 1 aliphatic heterocycles. The molecule has 1 rings (SSSR count). The fraction of sp³-hybridized carbons (Fsp3) is 0.857. The lowest BCUT2D eigenvalue weighted by Gasteiger charge is -2.25.